The fourth-order valence-electron chi connectivity index (χ4n) is 7.45. The Morgan fingerprint density at radius 3 is 2.36 bits per heavy atom. The molecule has 0 saturated heterocycles. The quantitative estimate of drug-likeness (QED) is 0.119. The Morgan fingerprint density at radius 1 is 0.943 bits per heavy atom. The zero-order chi connectivity index (χ0) is 38.2. The molecule has 0 aromatic heterocycles. The summed E-state index contributed by atoms with van der Waals surface area (Å²) in [5, 5.41) is 16.1. The van der Waals surface area contributed by atoms with Gasteiger partial charge in [0, 0.05) is 50.7 Å². The maximum absolute atomic E-state index is 14.5. The highest BCUT2D eigenvalue weighted by Gasteiger charge is 2.31. The molecule has 5 N–H and O–H groups in total. The van der Waals surface area contributed by atoms with Gasteiger partial charge in [0.05, 0.1) is 41.8 Å². The minimum Gasteiger partial charge on any atom is -0.490 e. The number of benzene rings is 2. The van der Waals surface area contributed by atoms with Gasteiger partial charge in [-0.15, -0.1) is 0 Å². The predicted molar refractivity (Wildman–Crippen MR) is 212 cm³/mol. The van der Waals surface area contributed by atoms with Crippen LogP contribution in [0, 0.1) is 11.8 Å². The molecule has 4 rings (SSSR count). The molecule has 1 heterocycles. The highest BCUT2D eigenvalue weighted by atomic mass is 16.5. The normalized spacial score (nSPS) is 21.3. The van der Waals surface area contributed by atoms with Crippen LogP contribution >= 0.6 is 0 Å². The SMILES string of the molecule is C[C@@H]1CCCCO[C@@H](CN(C)CC2CCCCC2)[C@H](C)CN([C@H](C)CO)C(=O)c2cc(NC(=O)CCCCCC(=O)Nc3ccccc3N)ccc2O1. The van der Waals surface area contributed by atoms with E-state index in [1.54, 1.807) is 35.2 Å². The molecule has 3 amide bonds. The van der Waals surface area contributed by atoms with Gasteiger partial charge in [0.15, 0.2) is 0 Å². The number of nitrogens with two attached hydrogens (primary N) is 1. The largest absolute Gasteiger partial charge is 0.490 e. The Labute approximate surface area is 317 Å². The highest BCUT2D eigenvalue weighted by molar-refractivity contribution is 6.00. The van der Waals surface area contributed by atoms with Gasteiger partial charge in [-0.25, -0.2) is 0 Å². The van der Waals surface area contributed by atoms with Crippen LogP contribution in [0.3, 0.4) is 0 Å². The number of nitrogen functional groups attached to an aromatic ring is 1. The number of nitrogens with one attached hydrogen (secondary N) is 2. The van der Waals surface area contributed by atoms with Gasteiger partial charge in [0.2, 0.25) is 11.8 Å². The number of hydrogen-bond acceptors (Lipinski definition) is 8. The lowest BCUT2D eigenvalue weighted by Gasteiger charge is -2.36. The Balaban J connectivity index is 1.40. The number of unbranched alkanes of at least 4 members (excludes halogenated alkanes) is 2. The second-order valence-corrected chi connectivity index (χ2v) is 15.5. The van der Waals surface area contributed by atoms with Crippen molar-refractivity contribution in [1.29, 1.82) is 0 Å². The molecule has 53 heavy (non-hydrogen) atoms. The third-order valence-corrected chi connectivity index (χ3v) is 10.7. The van der Waals surface area contributed by atoms with E-state index in [-0.39, 0.29) is 48.9 Å². The van der Waals surface area contributed by atoms with E-state index >= 15 is 0 Å². The summed E-state index contributed by atoms with van der Waals surface area (Å²) in [5.41, 5.74) is 7.90. The first kappa shape index (κ1) is 42.1. The van der Waals surface area contributed by atoms with E-state index in [1.807, 2.05) is 26.0 Å². The molecule has 2 aromatic rings. The molecular formula is C42H65N5O6. The molecule has 2 aromatic carbocycles. The van der Waals surface area contributed by atoms with Gasteiger partial charge in [-0.1, -0.05) is 44.7 Å². The van der Waals surface area contributed by atoms with Crippen LogP contribution in [0.2, 0.25) is 0 Å². The molecule has 0 spiro atoms. The lowest BCUT2D eigenvalue weighted by Crippen LogP contribution is -2.47. The van der Waals surface area contributed by atoms with Gasteiger partial charge in [-0.2, -0.15) is 0 Å². The van der Waals surface area contributed by atoms with Crippen molar-refractivity contribution in [3.63, 3.8) is 0 Å². The Kier molecular flexibility index (Phi) is 17.4. The van der Waals surface area contributed by atoms with Crippen LogP contribution in [0.25, 0.3) is 0 Å². The van der Waals surface area contributed by atoms with E-state index in [0.29, 0.717) is 67.2 Å². The second-order valence-electron chi connectivity index (χ2n) is 15.5. The van der Waals surface area contributed by atoms with E-state index in [9.17, 15) is 19.5 Å². The number of hydrogen-bond donors (Lipinski definition) is 4. The van der Waals surface area contributed by atoms with Crippen molar-refractivity contribution in [2.45, 2.75) is 122 Å². The number of amides is 3. The van der Waals surface area contributed by atoms with Crippen molar-refractivity contribution in [2.24, 2.45) is 11.8 Å². The first-order valence-corrected chi connectivity index (χ1v) is 20.0. The van der Waals surface area contributed by atoms with Crippen LogP contribution in [-0.4, -0.2) is 90.8 Å². The summed E-state index contributed by atoms with van der Waals surface area (Å²) in [5.74, 6) is 0.678. The average Bonchev–Trinajstić information content (AvgIpc) is 3.14. The zero-order valence-electron chi connectivity index (χ0n) is 32.6. The van der Waals surface area contributed by atoms with Gasteiger partial charge >= 0.3 is 0 Å². The first-order chi connectivity index (χ1) is 25.5. The summed E-state index contributed by atoms with van der Waals surface area (Å²) in [6, 6.07) is 11.9. The molecule has 4 atom stereocenters. The third kappa shape index (κ3) is 13.9. The molecule has 11 heteroatoms. The fraction of sp³-hybridized carbons (Fsp3) is 0.643. The number of carbonyl (C=O) groups excluding carboxylic acids is 3. The van der Waals surface area contributed by atoms with Crippen LogP contribution in [0.5, 0.6) is 5.75 Å². The maximum atomic E-state index is 14.5. The van der Waals surface area contributed by atoms with E-state index < -0.39 is 6.04 Å². The smallest absolute Gasteiger partial charge is 0.258 e. The number of nitrogens with zero attached hydrogens (tertiary/aromatic N) is 2. The lowest BCUT2D eigenvalue weighted by atomic mass is 9.89. The zero-order valence-corrected chi connectivity index (χ0v) is 32.6. The van der Waals surface area contributed by atoms with Crippen LogP contribution in [0.15, 0.2) is 42.5 Å². The molecule has 1 saturated carbocycles. The monoisotopic (exact) mass is 735 g/mol. The number of anilines is 3. The molecular weight excluding hydrogens is 670 g/mol. The molecule has 2 aliphatic rings. The summed E-state index contributed by atoms with van der Waals surface area (Å²) >= 11 is 0. The third-order valence-electron chi connectivity index (χ3n) is 10.7. The van der Waals surface area contributed by atoms with Gasteiger partial charge in [0.25, 0.3) is 5.91 Å². The summed E-state index contributed by atoms with van der Waals surface area (Å²) < 4.78 is 12.9. The summed E-state index contributed by atoms with van der Waals surface area (Å²) in [4.78, 5) is 43.9. The minimum absolute atomic E-state index is 0.0124. The number of aliphatic hydroxyl groups is 1. The maximum Gasteiger partial charge on any atom is 0.258 e. The average molecular weight is 736 g/mol. The molecule has 11 nitrogen and oxygen atoms in total. The van der Waals surface area contributed by atoms with Crippen LogP contribution < -0.4 is 21.1 Å². The lowest BCUT2D eigenvalue weighted by molar-refractivity contribution is -0.116. The van der Waals surface area contributed by atoms with Crippen molar-refractivity contribution in [3.8, 4) is 5.75 Å². The Hall–Kier alpha value is -3.67. The topological polar surface area (TPSA) is 146 Å². The van der Waals surface area contributed by atoms with E-state index in [1.165, 1.54) is 32.1 Å². The van der Waals surface area contributed by atoms with Crippen molar-refractivity contribution in [2.75, 3.05) is 56.3 Å². The molecule has 1 aliphatic carbocycles. The summed E-state index contributed by atoms with van der Waals surface area (Å²) in [6.45, 7) is 8.72. The Morgan fingerprint density at radius 2 is 1.64 bits per heavy atom. The van der Waals surface area contributed by atoms with Crippen molar-refractivity contribution >= 4 is 34.8 Å². The molecule has 0 bridgehead atoms. The standard InChI is InChI=1S/C42H65N5O6/c1-30-26-47(31(2)29-48)42(51)35-25-34(44-40(49)20-9-6-10-21-41(50)45-37-19-12-11-18-36(37)43)22-23-38(35)53-32(3)15-13-14-24-52-39(30)28-46(4)27-33-16-7-5-8-17-33/h11-12,18-19,22-23,25,30-33,39,48H,5-10,13-17,20-21,24,26-29,43H2,1-4H3,(H,44,49)(H,45,50)/t30-,31-,32-,39+/m1/s1. The van der Waals surface area contributed by atoms with Crippen molar-refractivity contribution < 1.29 is 29.0 Å². The number of likely N-dealkylation sites (N-methyl/N-ethyl adjacent to an activating group) is 1. The molecule has 1 fully saturated rings. The number of para-hydroxylation sites is 2. The molecule has 1 aliphatic heterocycles. The predicted octanol–water partition coefficient (Wildman–Crippen LogP) is 7.10. The van der Waals surface area contributed by atoms with E-state index in [0.717, 1.165) is 38.3 Å². The fourth-order valence-corrected chi connectivity index (χ4v) is 7.45. The van der Waals surface area contributed by atoms with Crippen molar-refractivity contribution in [3.05, 3.63) is 48.0 Å². The highest BCUT2D eigenvalue weighted by Crippen LogP contribution is 2.29. The summed E-state index contributed by atoms with van der Waals surface area (Å²) in [6.07, 6.45) is 11.6. The number of rotatable bonds is 14. The van der Waals surface area contributed by atoms with Gasteiger partial charge < -0.3 is 40.7 Å². The molecule has 0 radical (unpaired) electrons. The number of fused-ring (bicyclic) bond motifs is 1. The van der Waals surface area contributed by atoms with Crippen LogP contribution in [0.4, 0.5) is 17.1 Å². The second kappa shape index (κ2) is 21.9. The number of ether oxygens (including phenoxy) is 2. The number of aliphatic hydroxyl groups excluding tert-OH is 1. The van der Waals surface area contributed by atoms with Gasteiger partial charge in [-0.3, -0.25) is 14.4 Å². The first-order valence-electron chi connectivity index (χ1n) is 20.0. The Bertz CT molecular complexity index is 1450. The number of carbonyl (C=O) groups is 3. The molecule has 0 unspecified atom stereocenters. The van der Waals surface area contributed by atoms with Crippen LogP contribution in [0.1, 0.15) is 115 Å². The van der Waals surface area contributed by atoms with Gasteiger partial charge in [0.1, 0.15) is 5.75 Å². The summed E-state index contributed by atoms with van der Waals surface area (Å²) in [7, 11) is 2.18. The molecule has 294 valence electrons. The van der Waals surface area contributed by atoms with Crippen LogP contribution in [-0.2, 0) is 14.3 Å². The van der Waals surface area contributed by atoms with Gasteiger partial charge in [-0.05, 0) is 102 Å². The van der Waals surface area contributed by atoms with Crippen molar-refractivity contribution in [1.82, 2.24) is 9.80 Å². The minimum atomic E-state index is -0.436. The van der Waals surface area contributed by atoms with E-state index in [4.69, 9.17) is 15.2 Å². The van der Waals surface area contributed by atoms with E-state index in [2.05, 4.69) is 29.5 Å².